The maximum Gasteiger partial charge on any atom is 0.268 e. The molecule has 1 aliphatic heterocycles. The fraction of sp³-hybridized carbons (Fsp3) is 0.667. The molecule has 0 aromatic carbocycles. The first-order valence-electron chi connectivity index (χ1n) is 6.41. The van der Waals surface area contributed by atoms with Crippen LogP contribution in [0.2, 0.25) is 0 Å². The summed E-state index contributed by atoms with van der Waals surface area (Å²) in [6.45, 7) is 3.61. The second-order valence-corrected chi connectivity index (χ2v) is 5.95. The van der Waals surface area contributed by atoms with Crippen LogP contribution in [0.1, 0.15) is 15.4 Å². The van der Waals surface area contributed by atoms with Gasteiger partial charge in [-0.3, -0.25) is 9.59 Å². The van der Waals surface area contributed by atoms with E-state index in [2.05, 4.69) is 14.5 Å². The van der Waals surface area contributed by atoms with E-state index in [1.54, 1.807) is 25.9 Å². The monoisotopic (exact) mass is 297 g/mol. The molecular weight excluding hydrogens is 278 g/mol. The van der Waals surface area contributed by atoms with Gasteiger partial charge >= 0.3 is 0 Å². The van der Waals surface area contributed by atoms with Crippen molar-refractivity contribution < 1.29 is 9.59 Å². The fourth-order valence-electron chi connectivity index (χ4n) is 2.23. The van der Waals surface area contributed by atoms with E-state index in [9.17, 15) is 9.59 Å². The average molecular weight is 297 g/mol. The standard InChI is InChI=1S/C12H19N5O2S/c1-8-10(20-14-13-8)12(19)17-6-5-16(4)7-9(17)11(18)15(2)3/h9H,5-7H2,1-4H3. The number of nitrogens with zero attached hydrogens (tertiary/aromatic N) is 5. The third-order valence-corrected chi connectivity index (χ3v) is 4.23. The van der Waals surface area contributed by atoms with Gasteiger partial charge in [0.25, 0.3) is 5.91 Å². The predicted molar refractivity (Wildman–Crippen MR) is 75.7 cm³/mol. The van der Waals surface area contributed by atoms with Crippen molar-refractivity contribution in [2.24, 2.45) is 0 Å². The highest BCUT2D eigenvalue weighted by molar-refractivity contribution is 7.07. The summed E-state index contributed by atoms with van der Waals surface area (Å²) in [5.41, 5.74) is 0.620. The van der Waals surface area contributed by atoms with Gasteiger partial charge in [-0.1, -0.05) is 4.49 Å². The third kappa shape index (κ3) is 2.80. The van der Waals surface area contributed by atoms with Gasteiger partial charge in [0.2, 0.25) is 5.91 Å². The van der Waals surface area contributed by atoms with E-state index < -0.39 is 6.04 Å². The summed E-state index contributed by atoms with van der Waals surface area (Å²) in [6.07, 6.45) is 0. The van der Waals surface area contributed by atoms with Crippen molar-refractivity contribution in [3.63, 3.8) is 0 Å². The van der Waals surface area contributed by atoms with Gasteiger partial charge in [0.05, 0.1) is 5.69 Å². The lowest BCUT2D eigenvalue weighted by atomic mass is 10.1. The van der Waals surface area contributed by atoms with Crippen LogP contribution in [0.3, 0.4) is 0 Å². The molecule has 0 saturated carbocycles. The number of likely N-dealkylation sites (N-methyl/N-ethyl adjacent to an activating group) is 2. The average Bonchev–Trinajstić information content (AvgIpc) is 2.83. The molecule has 0 N–H and O–H groups in total. The lowest BCUT2D eigenvalue weighted by Crippen LogP contribution is -2.59. The predicted octanol–water partition coefficient (Wildman–Crippen LogP) is -0.309. The summed E-state index contributed by atoms with van der Waals surface area (Å²) in [6, 6.07) is -0.447. The van der Waals surface area contributed by atoms with Crippen molar-refractivity contribution >= 4 is 23.3 Å². The number of carbonyl (C=O) groups is 2. The van der Waals surface area contributed by atoms with Crippen molar-refractivity contribution in [1.82, 2.24) is 24.3 Å². The molecule has 1 fully saturated rings. The third-order valence-electron chi connectivity index (χ3n) is 3.42. The van der Waals surface area contributed by atoms with Gasteiger partial charge in [-0.15, -0.1) is 5.10 Å². The highest BCUT2D eigenvalue weighted by Gasteiger charge is 2.36. The Kier molecular flexibility index (Phi) is 4.34. The van der Waals surface area contributed by atoms with E-state index in [4.69, 9.17) is 0 Å². The zero-order chi connectivity index (χ0) is 14.9. The summed E-state index contributed by atoms with van der Waals surface area (Å²) in [5, 5.41) is 3.87. The number of rotatable bonds is 2. The molecule has 1 saturated heterocycles. The Balaban J connectivity index is 2.25. The molecular formula is C12H19N5O2S. The molecule has 20 heavy (non-hydrogen) atoms. The first-order valence-corrected chi connectivity index (χ1v) is 7.18. The minimum atomic E-state index is -0.447. The van der Waals surface area contributed by atoms with Crippen LogP contribution in [0, 0.1) is 6.92 Å². The van der Waals surface area contributed by atoms with E-state index >= 15 is 0 Å². The van der Waals surface area contributed by atoms with Crippen molar-refractivity contribution in [3.05, 3.63) is 10.6 Å². The maximum absolute atomic E-state index is 12.6. The van der Waals surface area contributed by atoms with Crippen LogP contribution < -0.4 is 0 Å². The molecule has 1 unspecified atom stereocenters. The molecule has 1 atom stereocenters. The Morgan fingerprint density at radius 1 is 1.35 bits per heavy atom. The number of piperazine rings is 1. The van der Waals surface area contributed by atoms with Crippen LogP contribution in [0.15, 0.2) is 0 Å². The zero-order valence-corrected chi connectivity index (χ0v) is 13.0. The summed E-state index contributed by atoms with van der Waals surface area (Å²) in [5.74, 6) is -0.203. The Labute approximate surface area is 122 Å². The number of hydrogen-bond acceptors (Lipinski definition) is 6. The highest BCUT2D eigenvalue weighted by Crippen LogP contribution is 2.18. The Morgan fingerprint density at radius 2 is 2.05 bits per heavy atom. The second kappa shape index (κ2) is 5.84. The molecule has 1 aliphatic rings. The topological polar surface area (TPSA) is 69.6 Å². The first-order chi connectivity index (χ1) is 9.41. The van der Waals surface area contributed by atoms with Crippen LogP contribution in [-0.2, 0) is 4.79 Å². The number of amides is 2. The van der Waals surface area contributed by atoms with Gasteiger partial charge in [0, 0.05) is 33.7 Å². The van der Waals surface area contributed by atoms with Gasteiger partial charge in [-0.25, -0.2) is 0 Å². The number of aromatic nitrogens is 2. The van der Waals surface area contributed by atoms with Gasteiger partial charge in [-0.05, 0) is 25.5 Å². The minimum absolute atomic E-state index is 0.0555. The number of aryl methyl sites for hydroxylation is 1. The molecule has 1 aromatic rings. The summed E-state index contributed by atoms with van der Waals surface area (Å²) >= 11 is 1.08. The summed E-state index contributed by atoms with van der Waals surface area (Å²) in [4.78, 5) is 30.6. The van der Waals surface area contributed by atoms with E-state index in [1.165, 1.54) is 4.90 Å². The smallest absolute Gasteiger partial charge is 0.268 e. The SMILES string of the molecule is Cc1nnsc1C(=O)N1CCN(C)CC1C(=O)N(C)C. The second-order valence-electron chi connectivity index (χ2n) is 5.20. The van der Waals surface area contributed by atoms with E-state index in [0.29, 0.717) is 23.7 Å². The fourth-order valence-corrected chi connectivity index (χ4v) is 2.84. The van der Waals surface area contributed by atoms with Crippen LogP contribution >= 0.6 is 11.5 Å². The van der Waals surface area contributed by atoms with Crippen molar-refractivity contribution in [2.45, 2.75) is 13.0 Å². The zero-order valence-electron chi connectivity index (χ0n) is 12.2. The Morgan fingerprint density at radius 3 is 2.60 bits per heavy atom. The largest absolute Gasteiger partial charge is 0.347 e. The molecule has 8 heteroatoms. The highest BCUT2D eigenvalue weighted by atomic mass is 32.1. The van der Waals surface area contributed by atoms with Gasteiger partial charge in [-0.2, -0.15) is 0 Å². The molecule has 0 bridgehead atoms. The van der Waals surface area contributed by atoms with Gasteiger partial charge in [0.1, 0.15) is 10.9 Å². The molecule has 0 radical (unpaired) electrons. The van der Waals surface area contributed by atoms with Crippen LogP contribution in [0.25, 0.3) is 0 Å². The normalized spacial score (nSPS) is 20.0. The van der Waals surface area contributed by atoms with Crippen molar-refractivity contribution in [1.29, 1.82) is 0 Å². The Bertz CT molecular complexity index is 516. The molecule has 1 aromatic heterocycles. The molecule has 0 aliphatic carbocycles. The Hall–Kier alpha value is -1.54. The molecule has 2 heterocycles. The van der Waals surface area contributed by atoms with Gasteiger partial charge in [0.15, 0.2) is 0 Å². The van der Waals surface area contributed by atoms with Gasteiger partial charge < -0.3 is 14.7 Å². The van der Waals surface area contributed by atoms with Crippen molar-refractivity contribution in [3.8, 4) is 0 Å². The lowest BCUT2D eigenvalue weighted by Gasteiger charge is -2.39. The lowest BCUT2D eigenvalue weighted by molar-refractivity contribution is -0.135. The van der Waals surface area contributed by atoms with E-state index in [0.717, 1.165) is 18.1 Å². The van der Waals surface area contributed by atoms with Crippen molar-refractivity contribution in [2.75, 3.05) is 40.8 Å². The van der Waals surface area contributed by atoms with Crippen LogP contribution in [0.4, 0.5) is 0 Å². The molecule has 7 nitrogen and oxygen atoms in total. The van der Waals surface area contributed by atoms with Crippen LogP contribution in [0.5, 0.6) is 0 Å². The molecule has 2 amide bonds. The van der Waals surface area contributed by atoms with E-state index in [1.807, 2.05) is 7.05 Å². The molecule has 0 spiro atoms. The molecule has 110 valence electrons. The molecule has 2 rings (SSSR count). The van der Waals surface area contributed by atoms with E-state index in [-0.39, 0.29) is 11.8 Å². The van der Waals surface area contributed by atoms with Crippen LogP contribution in [-0.4, -0.2) is 82.9 Å². The number of hydrogen-bond donors (Lipinski definition) is 0. The quantitative estimate of drug-likeness (QED) is 0.749. The summed E-state index contributed by atoms with van der Waals surface area (Å²) < 4.78 is 3.80. The maximum atomic E-state index is 12.6. The first kappa shape index (κ1) is 14.9. The minimum Gasteiger partial charge on any atom is -0.347 e. The number of carbonyl (C=O) groups excluding carboxylic acids is 2. The summed E-state index contributed by atoms with van der Waals surface area (Å²) in [7, 11) is 5.37.